The molecule has 2 unspecified atom stereocenters. The number of fused-ring (bicyclic) bond motifs is 1. The Balaban J connectivity index is 2.52. The van der Waals surface area contributed by atoms with E-state index in [-0.39, 0.29) is 0 Å². The van der Waals surface area contributed by atoms with Crippen molar-refractivity contribution in [1.29, 1.82) is 0 Å². The van der Waals surface area contributed by atoms with Crippen molar-refractivity contribution >= 4 is 6.16 Å². The molecule has 0 saturated carbocycles. The van der Waals surface area contributed by atoms with Gasteiger partial charge in [-0.15, -0.1) is 0 Å². The molecule has 1 aliphatic rings. The number of rotatable bonds is 2. The van der Waals surface area contributed by atoms with Crippen LogP contribution in [0, 0.1) is 20.8 Å². The second-order valence-corrected chi connectivity index (χ2v) is 5.36. The standard InChI is InChI=1S/C15H20O5/c1-8-6-9(2)11-7-12(18-5)15(4,20-14(16)17)19-13(11)10(8)3/h6,12H,7H2,1-5H3,(H,16,17). The first-order chi connectivity index (χ1) is 9.28. The van der Waals surface area contributed by atoms with Gasteiger partial charge in [0.15, 0.2) is 0 Å². The number of methoxy groups -OCH3 is 1. The van der Waals surface area contributed by atoms with Gasteiger partial charge in [-0.25, -0.2) is 4.79 Å². The lowest BCUT2D eigenvalue weighted by molar-refractivity contribution is -0.215. The van der Waals surface area contributed by atoms with Crippen molar-refractivity contribution in [3.8, 4) is 5.75 Å². The van der Waals surface area contributed by atoms with E-state index in [0.717, 1.165) is 22.3 Å². The first-order valence-electron chi connectivity index (χ1n) is 6.52. The number of carbonyl (C=O) groups is 1. The van der Waals surface area contributed by atoms with Crippen LogP contribution in [0.3, 0.4) is 0 Å². The lowest BCUT2D eigenvalue weighted by atomic mass is 9.90. The Kier molecular flexibility index (Phi) is 3.65. The predicted molar refractivity (Wildman–Crippen MR) is 73.3 cm³/mol. The lowest BCUT2D eigenvalue weighted by Gasteiger charge is -2.40. The summed E-state index contributed by atoms with van der Waals surface area (Å²) in [6.07, 6.45) is -1.30. The maximum atomic E-state index is 10.9. The summed E-state index contributed by atoms with van der Waals surface area (Å²) >= 11 is 0. The van der Waals surface area contributed by atoms with E-state index in [4.69, 9.17) is 19.3 Å². The highest BCUT2D eigenvalue weighted by Crippen LogP contribution is 2.40. The normalized spacial score (nSPS) is 24.8. The van der Waals surface area contributed by atoms with E-state index in [0.29, 0.717) is 12.2 Å². The number of carboxylic acid groups (broad SMARTS) is 1. The molecule has 0 bridgehead atoms. The van der Waals surface area contributed by atoms with Gasteiger partial charge in [0.05, 0.1) is 0 Å². The molecule has 1 heterocycles. The van der Waals surface area contributed by atoms with Crippen LogP contribution in [0.4, 0.5) is 4.79 Å². The van der Waals surface area contributed by atoms with Gasteiger partial charge in [-0.2, -0.15) is 0 Å². The van der Waals surface area contributed by atoms with Crippen molar-refractivity contribution in [3.05, 3.63) is 28.3 Å². The maximum absolute atomic E-state index is 10.9. The fraction of sp³-hybridized carbons (Fsp3) is 0.533. The van der Waals surface area contributed by atoms with Gasteiger partial charge in [0.1, 0.15) is 11.9 Å². The third-order valence-electron chi connectivity index (χ3n) is 3.97. The van der Waals surface area contributed by atoms with E-state index < -0.39 is 18.0 Å². The van der Waals surface area contributed by atoms with Gasteiger partial charge in [0.2, 0.25) is 0 Å². The average molecular weight is 280 g/mol. The van der Waals surface area contributed by atoms with Crippen molar-refractivity contribution in [1.82, 2.24) is 0 Å². The minimum Gasteiger partial charge on any atom is -0.450 e. The Morgan fingerprint density at radius 1 is 1.40 bits per heavy atom. The Morgan fingerprint density at radius 3 is 2.60 bits per heavy atom. The number of hydrogen-bond donors (Lipinski definition) is 1. The maximum Gasteiger partial charge on any atom is 0.509 e. The van der Waals surface area contributed by atoms with Gasteiger partial charge in [-0.05, 0) is 37.5 Å². The summed E-state index contributed by atoms with van der Waals surface area (Å²) in [5, 5.41) is 8.91. The van der Waals surface area contributed by atoms with Gasteiger partial charge in [-0.1, -0.05) is 6.07 Å². The van der Waals surface area contributed by atoms with Gasteiger partial charge in [0.25, 0.3) is 5.79 Å². The van der Waals surface area contributed by atoms with Crippen LogP contribution in [0.1, 0.15) is 29.2 Å². The molecule has 0 aromatic heterocycles. The molecule has 0 spiro atoms. The summed E-state index contributed by atoms with van der Waals surface area (Å²) in [7, 11) is 1.53. The zero-order valence-electron chi connectivity index (χ0n) is 12.4. The fourth-order valence-corrected chi connectivity index (χ4v) is 2.69. The molecule has 0 radical (unpaired) electrons. The van der Waals surface area contributed by atoms with Gasteiger partial charge >= 0.3 is 6.16 Å². The molecular formula is C15H20O5. The summed E-state index contributed by atoms with van der Waals surface area (Å²) in [4.78, 5) is 10.9. The molecule has 20 heavy (non-hydrogen) atoms. The monoisotopic (exact) mass is 280 g/mol. The molecule has 5 heteroatoms. The van der Waals surface area contributed by atoms with Gasteiger partial charge < -0.3 is 19.3 Å². The first-order valence-corrected chi connectivity index (χ1v) is 6.52. The number of benzene rings is 1. The molecule has 2 atom stereocenters. The number of hydrogen-bond acceptors (Lipinski definition) is 4. The van der Waals surface area contributed by atoms with E-state index in [1.54, 1.807) is 6.92 Å². The zero-order valence-corrected chi connectivity index (χ0v) is 12.4. The molecule has 0 saturated heterocycles. The van der Waals surface area contributed by atoms with Crippen LogP contribution >= 0.6 is 0 Å². The Bertz CT molecular complexity index is 552. The lowest BCUT2D eigenvalue weighted by Crippen LogP contribution is -2.53. The summed E-state index contributed by atoms with van der Waals surface area (Å²) < 4.78 is 16.2. The largest absolute Gasteiger partial charge is 0.509 e. The molecule has 110 valence electrons. The van der Waals surface area contributed by atoms with Crippen molar-refractivity contribution in [3.63, 3.8) is 0 Å². The molecular weight excluding hydrogens is 260 g/mol. The summed E-state index contributed by atoms with van der Waals surface area (Å²) in [5.41, 5.74) is 4.27. The molecule has 0 aliphatic carbocycles. The van der Waals surface area contributed by atoms with E-state index in [1.807, 2.05) is 20.8 Å². The Hall–Kier alpha value is -1.75. The van der Waals surface area contributed by atoms with Crippen molar-refractivity contribution in [2.24, 2.45) is 0 Å². The van der Waals surface area contributed by atoms with Crippen molar-refractivity contribution < 1.29 is 24.1 Å². The van der Waals surface area contributed by atoms with E-state index in [1.165, 1.54) is 7.11 Å². The Morgan fingerprint density at radius 2 is 2.05 bits per heavy atom. The molecule has 1 N–H and O–H groups in total. The smallest absolute Gasteiger partial charge is 0.450 e. The van der Waals surface area contributed by atoms with E-state index in [9.17, 15) is 4.79 Å². The van der Waals surface area contributed by atoms with E-state index >= 15 is 0 Å². The minimum absolute atomic E-state index is 0.480. The minimum atomic E-state index is -1.37. The summed E-state index contributed by atoms with van der Waals surface area (Å²) in [5.74, 6) is -0.627. The van der Waals surface area contributed by atoms with Crippen LogP contribution in [0.25, 0.3) is 0 Å². The first kappa shape index (κ1) is 14.7. The summed E-state index contributed by atoms with van der Waals surface area (Å²) in [6, 6.07) is 2.10. The van der Waals surface area contributed by atoms with Crippen LogP contribution in [0.2, 0.25) is 0 Å². The molecule has 5 nitrogen and oxygen atoms in total. The highest BCUT2D eigenvalue weighted by molar-refractivity contribution is 5.58. The number of aryl methyl sites for hydroxylation is 2. The third kappa shape index (κ3) is 2.33. The average Bonchev–Trinajstić information content (AvgIpc) is 2.34. The van der Waals surface area contributed by atoms with Crippen LogP contribution in [-0.2, 0) is 15.9 Å². The predicted octanol–water partition coefficient (Wildman–Crippen LogP) is 2.97. The summed E-state index contributed by atoms with van der Waals surface area (Å²) in [6.45, 7) is 7.57. The molecule has 0 amide bonds. The van der Waals surface area contributed by atoms with Gasteiger partial charge in [0, 0.05) is 26.0 Å². The van der Waals surface area contributed by atoms with Crippen LogP contribution in [0.5, 0.6) is 5.75 Å². The topological polar surface area (TPSA) is 65.0 Å². The molecule has 0 fully saturated rings. The zero-order chi connectivity index (χ0) is 15.1. The van der Waals surface area contributed by atoms with Gasteiger partial charge in [-0.3, -0.25) is 0 Å². The fourth-order valence-electron chi connectivity index (χ4n) is 2.69. The van der Waals surface area contributed by atoms with Crippen molar-refractivity contribution in [2.45, 2.75) is 46.0 Å². The highest BCUT2D eigenvalue weighted by Gasteiger charge is 2.46. The van der Waals surface area contributed by atoms with Crippen molar-refractivity contribution in [2.75, 3.05) is 7.11 Å². The SMILES string of the molecule is COC1Cc2c(C)cc(C)c(C)c2OC1(C)OC(=O)O. The van der Waals surface area contributed by atoms with Crippen LogP contribution in [-0.4, -0.2) is 30.3 Å². The van der Waals surface area contributed by atoms with E-state index in [2.05, 4.69) is 6.07 Å². The Labute approximate surface area is 118 Å². The number of ether oxygens (including phenoxy) is 3. The van der Waals surface area contributed by atoms with Crippen LogP contribution in [0.15, 0.2) is 6.07 Å². The molecule has 2 rings (SSSR count). The third-order valence-corrected chi connectivity index (χ3v) is 3.97. The molecule has 1 aromatic carbocycles. The molecule has 1 aromatic rings. The second-order valence-electron chi connectivity index (χ2n) is 5.36. The quantitative estimate of drug-likeness (QED) is 0.844. The molecule has 1 aliphatic heterocycles. The second kappa shape index (κ2) is 4.98. The van der Waals surface area contributed by atoms with Crippen LogP contribution < -0.4 is 4.74 Å². The highest BCUT2D eigenvalue weighted by atomic mass is 16.8.